The fraction of sp³-hybridized carbons (Fsp3) is 0.617. The van der Waals surface area contributed by atoms with Crippen LogP contribution >= 0.6 is 0 Å². The summed E-state index contributed by atoms with van der Waals surface area (Å²) in [5.74, 6) is 5.05. The van der Waals surface area contributed by atoms with E-state index in [1.54, 1.807) is 20.3 Å². The van der Waals surface area contributed by atoms with Crippen LogP contribution in [0.3, 0.4) is 0 Å². The fourth-order valence-electron chi connectivity index (χ4n) is 10.0. The second-order valence-corrected chi connectivity index (χ2v) is 19.4. The van der Waals surface area contributed by atoms with Crippen LogP contribution in [0.1, 0.15) is 198 Å². The predicted octanol–water partition coefficient (Wildman–Crippen LogP) is 12.4. The zero-order valence-corrected chi connectivity index (χ0v) is 49.6. The van der Waals surface area contributed by atoms with E-state index in [0.29, 0.717) is 24.0 Å². The zero-order chi connectivity index (χ0) is 58.4. The van der Waals surface area contributed by atoms with Crippen LogP contribution in [0.5, 0.6) is 0 Å². The van der Waals surface area contributed by atoms with Gasteiger partial charge in [0.2, 0.25) is 11.9 Å². The van der Waals surface area contributed by atoms with Gasteiger partial charge < -0.3 is 21.4 Å². The van der Waals surface area contributed by atoms with Crippen LogP contribution < -0.4 is 16.8 Å². The topological polar surface area (TPSA) is 240 Å². The smallest absolute Gasteiger partial charge is 0.224 e. The highest BCUT2D eigenvalue weighted by molar-refractivity contribution is 6.30. The van der Waals surface area contributed by atoms with Gasteiger partial charge in [-0.2, -0.15) is 20.0 Å². The Morgan fingerprint density at radius 1 is 0.756 bits per heavy atom. The van der Waals surface area contributed by atoms with E-state index in [2.05, 4.69) is 131 Å². The lowest BCUT2D eigenvalue weighted by Crippen LogP contribution is -2.23. The third-order valence-electron chi connectivity index (χ3n) is 13.7. The second kappa shape index (κ2) is 40.1. The predicted molar refractivity (Wildman–Crippen MR) is 327 cm³/mol. The summed E-state index contributed by atoms with van der Waals surface area (Å²) in [6.07, 6.45) is 57.2. The maximum Gasteiger partial charge on any atom is 0.224 e. The molecular weight excluding hydrogens is 973 g/mol. The van der Waals surface area contributed by atoms with Crippen molar-refractivity contribution in [2.75, 3.05) is 30.9 Å². The van der Waals surface area contributed by atoms with E-state index < -0.39 is 0 Å². The molecule has 18 heteroatoms. The molecule has 5 heterocycles. The number of hydrogen-bond acceptors (Lipinski definition) is 16. The molecule has 4 aliphatic carbocycles. The molecule has 5 aromatic heterocycles. The molecule has 9 rings (SSSR count). The van der Waals surface area contributed by atoms with Crippen molar-refractivity contribution in [1.82, 2.24) is 59.4 Å². The highest BCUT2D eigenvalue weighted by Gasteiger charge is 2.36. The number of nitrogens with two attached hydrogens (primary N) is 2. The summed E-state index contributed by atoms with van der Waals surface area (Å²) in [5.41, 5.74) is 17.2. The van der Waals surface area contributed by atoms with Gasteiger partial charge in [0.1, 0.15) is 29.2 Å². The molecule has 4 saturated carbocycles. The number of nitrogens with zero attached hydrogens (tertiary/aromatic N) is 15. The van der Waals surface area contributed by atoms with Crippen molar-refractivity contribution in [3.8, 4) is 38.5 Å². The lowest BCUT2D eigenvalue weighted by atomic mass is 9.95. The van der Waals surface area contributed by atoms with E-state index in [-0.39, 0.29) is 11.9 Å². The summed E-state index contributed by atoms with van der Waals surface area (Å²) in [4.78, 5) is 48.0. The number of rotatable bonds is 10. The Kier molecular flexibility index (Phi) is 35.4. The van der Waals surface area contributed by atoms with Gasteiger partial charge in [-0.15, -0.1) is 38.5 Å². The molecule has 0 spiro atoms. The summed E-state index contributed by atoms with van der Waals surface area (Å²) in [5, 5.41) is 12.8. The van der Waals surface area contributed by atoms with Gasteiger partial charge in [-0.1, -0.05) is 106 Å². The first-order valence-corrected chi connectivity index (χ1v) is 28.1. The Morgan fingerprint density at radius 2 is 1.36 bits per heavy atom. The number of fused-ring (bicyclic) bond motifs is 1. The number of aromatic nitrogens is 12. The van der Waals surface area contributed by atoms with E-state index >= 15 is 0 Å². The minimum atomic E-state index is 0.150. The standard InChI is InChI=1S/C20H32N4.C17H23N7.C6H12N2.C6H12.C3H5N5.C2H6.3C2H2/c1-4-21-19-18(13-16-11-10-14(2)12-16)22-15(3)23-20(19)24-17-8-6-5-7-9-17;1-5-13-8-19-24(22-13)15-7-14(6-10(15)2)23-9-18-16-11(3)20-12(4)21-17(16)23;1-4-6(8-3)5-7-2;1-2-4-6-5-3-1;4-2-6-1-7-3(5)8-2;4*1-2/h4,14,16-17H,5-13H2,1-3H3,(H,22,23,24);8-10,14-15H,5-7H2,1-4H3;5H,4H2,1-3H3;1-6H2;1H,(H4,4,5,6,7,8);1-2H3;3*1-2H/t14?,16-;10-,14?,15?;;;;;;;/m00......./s1. The first kappa shape index (κ1) is 68.9. The molecule has 0 amide bonds. The third-order valence-corrected chi connectivity index (χ3v) is 13.7. The lowest BCUT2D eigenvalue weighted by molar-refractivity contribution is 0.334. The summed E-state index contributed by atoms with van der Waals surface area (Å²) in [7, 11) is 3.53. The Hall–Kier alpha value is -7.13. The number of imidazole rings is 1. The minimum absolute atomic E-state index is 0.150. The van der Waals surface area contributed by atoms with Crippen molar-refractivity contribution in [1.29, 1.82) is 0 Å². The normalized spacial score (nSPS) is 19.5. The van der Waals surface area contributed by atoms with Crippen molar-refractivity contribution in [3.05, 3.63) is 47.6 Å². The van der Waals surface area contributed by atoms with Crippen molar-refractivity contribution in [2.24, 2.45) is 32.7 Å². The first-order chi connectivity index (χ1) is 37.8. The Balaban J connectivity index is 0.000000519. The van der Waals surface area contributed by atoms with Crippen LogP contribution in [0, 0.1) is 77.1 Å². The van der Waals surface area contributed by atoms with E-state index in [1.165, 1.54) is 96.2 Å². The molecule has 5 N–H and O–H groups in total. The summed E-state index contributed by atoms with van der Waals surface area (Å²) in [6.45, 7) is 20.7. The van der Waals surface area contributed by atoms with Gasteiger partial charge >= 0.3 is 0 Å². The number of aliphatic imine (C=N–C) groups is 3. The molecule has 4 fully saturated rings. The fourth-order valence-corrected chi connectivity index (χ4v) is 10.0. The lowest BCUT2D eigenvalue weighted by Gasteiger charge is -2.24. The van der Waals surface area contributed by atoms with Gasteiger partial charge in [-0.3, -0.25) is 15.0 Å². The molecule has 5 atom stereocenters. The molecule has 78 heavy (non-hydrogen) atoms. The monoisotopic (exact) mass is 1070 g/mol. The van der Waals surface area contributed by atoms with Gasteiger partial charge in [-0.25, -0.2) is 34.9 Å². The van der Waals surface area contributed by atoms with Crippen LogP contribution in [0.15, 0.2) is 33.8 Å². The minimum Gasteiger partial charge on any atom is -0.368 e. The van der Waals surface area contributed by atoms with Crippen molar-refractivity contribution in [2.45, 2.75) is 209 Å². The van der Waals surface area contributed by atoms with Gasteiger partial charge in [0.05, 0.1) is 41.4 Å². The van der Waals surface area contributed by atoms with Gasteiger partial charge in [0.25, 0.3) is 0 Å². The summed E-state index contributed by atoms with van der Waals surface area (Å²) < 4.78 is 2.22. The van der Waals surface area contributed by atoms with E-state index in [0.717, 1.165) is 101 Å². The number of aryl methyl sites for hydroxylation is 4. The van der Waals surface area contributed by atoms with E-state index in [9.17, 15) is 0 Å². The molecule has 0 saturated heterocycles. The Morgan fingerprint density at radius 3 is 1.85 bits per heavy atom. The van der Waals surface area contributed by atoms with Gasteiger partial charge in [-0.05, 0) is 103 Å². The Labute approximate surface area is 469 Å². The molecular formula is C60H96N18. The zero-order valence-electron chi connectivity index (χ0n) is 49.6. The van der Waals surface area contributed by atoms with Crippen LogP contribution in [-0.2, 0) is 12.8 Å². The van der Waals surface area contributed by atoms with Crippen molar-refractivity contribution in [3.63, 3.8) is 0 Å². The van der Waals surface area contributed by atoms with Gasteiger partial charge in [0, 0.05) is 38.6 Å². The molecule has 4 aliphatic rings. The van der Waals surface area contributed by atoms with Crippen LogP contribution in [0.2, 0.25) is 0 Å². The first-order valence-electron chi connectivity index (χ1n) is 28.1. The summed E-state index contributed by atoms with van der Waals surface area (Å²) in [6, 6.07) is 1.25. The van der Waals surface area contributed by atoms with Gasteiger partial charge in [0.15, 0.2) is 11.5 Å². The number of terminal acetylenes is 3. The molecule has 3 unspecified atom stereocenters. The van der Waals surface area contributed by atoms with Crippen molar-refractivity contribution >= 4 is 52.7 Å². The van der Waals surface area contributed by atoms with E-state index in [1.807, 2.05) is 65.1 Å². The maximum absolute atomic E-state index is 5.12. The highest BCUT2D eigenvalue weighted by atomic mass is 15.5. The largest absolute Gasteiger partial charge is 0.368 e. The molecule has 0 aromatic carbocycles. The quantitative estimate of drug-likeness (QED) is 0.0872. The van der Waals surface area contributed by atoms with Crippen LogP contribution in [0.4, 0.5) is 23.4 Å². The van der Waals surface area contributed by atoms with Crippen LogP contribution in [0.25, 0.3) is 11.2 Å². The highest BCUT2D eigenvalue weighted by Crippen LogP contribution is 2.43. The Bertz CT molecular complexity index is 2480. The number of nitrogen functional groups attached to an aromatic ring is 2. The SMILES string of the molecule is C#C.C#C.C#C.C1CCCCC1.CC.CC=Nc1c(C[C@H]2CCC(C)C2)nc(C)nc1NC1CCCCC1.CCC(C=NC)=NC.CCc1cnn(C2CC(n3cnc4c(C)nc(C)nc43)C[C@@H]2C)n1.Nc1ncnc(N)n1. The van der Waals surface area contributed by atoms with E-state index in [4.69, 9.17) is 21.4 Å². The van der Waals surface area contributed by atoms with Crippen LogP contribution in [-0.4, -0.2) is 97.7 Å². The third kappa shape index (κ3) is 23.6. The average Bonchev–Trinajstić information content (AvgIpc) is 4.30. The molecule has 426 valence electrons. The number of anilines is 3. The average molecular weight is 1070 g/mol. The molecule has 0 aliphatic heterocycles. The molecule has 18 nitrogen and oxygen atoms in total. The van der Waals surface area contributed by atoms with Crippen molar-refractivity contribution < 1.29 is 0 Å². The summed E-state index contributed by atoms with van der Waals surface area (Å²) >= 11 is 0. The molecule has 5 aromatic rings. The molecule has 0 radical (unpaired) electrons. The number of nitrogens with one attached hydrogen (secondary N) is 1. The molecule has 0 bridgehead atoms. The number of hydrogen-bond donors (Lipinski definition) is 3. The maximum atomic E-state index is 5.12. The second-order valence-electron chi connectivity index (χ2n) is 19.4.